The molecular weight excluding hydrogens is 298 g/mol. The van der Waals surface area contributed by atoms with Crippen LogP contribution in [0.15, 0.2) is 69.9 Å². The van der Waals surface area contributed by atoms with Crippen LogP contribution in [-0.4, -0.2) is 18.0 Å². The van der Waals surface area contributed by atoms with Gasteiger partial charge in [-0.2, -0.15) is 0 Å². The van der Waals surface area contributed by atoms with Gasteiger partial charge in [-0.1, -0.05) is 42.5 Å². The van der Waals surface area contributed by atoms with Gasteiger partial charge in [-0.3, -0.25) is 4.90 Å². The summed E-state index contributed by atoms with van der Waals surface area (Å²) in [7, 11) is 0. The van der Waals surface area contributed by atoms with Crippen molar-refractivity contribution in [2.24, 2.45) is 0 Å². The van der Waals surface area contributed by atoms with Crippen LogP contribution in [0.4, 0.5) is 0 Å². The van der Waals surface area contributed by atoms with Gasteiger partial charge in [0.15, 0.2) is 0 Å². The van der Waals surface area contributed by atoms with E-state index in [1.165, 1.54) is 30.0 Å². The first-order valence-corrected chi connectivity index (χ1v) is 8.58. The molecule has 1 aliphatic heterocycles. The van der Waals surface area contributed by atoms with Gasteiger partial charge in [-0.15, -0.1) is 0 Å². The van der Waals surface area contributed by atoms with Gasteiger partial charge in [0.2, 0.25) is 0 Å². The Balaban J connectivity index is 1.43. The number of piperidine rings is 1. The predicted octanol–water partition coefficient (Wildman–Crippen LogP) is 4.17. The lowest BCUT2D eigenvalue weighted by atomic mass is 9.89. The molecule has 1 aliphatic rings. The fraction of sp³-hybridized carbons (Fsp3) is 0.286. The molecule has 0 unspecified atom stereocenters. The summed E-state index contributed by atoms with van der Waals surface area (Å²) in [5.74, 6) is 0.678. The van der Waals surface area contributed by atoms with Gasteiger partial charge in [0.1, 0.15) is 5.58 Å². The zero-order chi connectivity index (χ0) is 16.4. The second-order valence-corrected chi connectivity index (χ2v) is 6.59. The third-order valence-corrected chi connectivity index (χ3v) is 4.95. The SMILES string of the molecule is O=c1ccc2ccc(CN3CCC(c4ccccc4)CC3)cc2o1. The molecule has 24 heavy (non-hydrogen) atoms. The Labute approximate surface area is 141 Å². The van der Waals surface area contributed by atoms with Crippen LogP contribution in [0.2, 0.25) is 0 Å². The molecule has 1 saturated heterocycles. The van der Waals surface area contributed by atoms with Crippen LogP contribution in [0.1, 0.15) is 29.9 Å². The fourth-order valence-electron chi connectivity index (χ4n) is 3.61. The van der Waals surface area contributed by atoms with E-state index >= 15 is 0 Å². The van der Waals surface area contributed by atoms with Crippen LogP contribution in [0.25, 0.3) is 11.0 Å². The third kappa shape index (κ3) is 3.26. The van der Waals surface area contributed by atoms with Crippen molar-refractivity contribution in [3.05, 3.63) is 82.2 Å². The monoisotopic (exact) mass is 319 g/mol. The summed E-state index contributed by atoms with van der Waals surface area (Å²) in [6.45, 7) is 3.13. The van der Waals surface area contributed by atoms with Gasteiger partial charge in [-0.05, 0) is 55.1 Å². The highest BCUT2D eigenvalue weighted by atomic mass is 16.4. The van der Waals surface area contributed by atoms with E-state index in [0.717, 1.165) is 25.0 Å². The second kappa shape index (κ2) is 6.62. The number of rotatable bonds is 3. The van der Waals surface area contributed by atoms with Crippen LogP contribution in [0.3, 0.4) is 0 Å². The first-order valence-electron chi connectivity index (χ1n) is 8.58. The number of fused-ring (bicyclic) bond motifs is 1. The Kier molecular flexibility index (Phi) is 4.18. The number of benzene rings is 2. The standard InChI is InChI=1S/C21H21NO2/c23-21-9-8-19-7-6-16(14-20(19)24-21)15-22-12-10-18(11-13-22)17-4-2-1-3-5-17/h1-9,14,18H,10-13,15H2. The molecule has 0 bridgehead atoms. The first kappa shape index (κ1) is 15.2. The van der Waals surface area contributed by atoms with Crippen molar-refractivity contribution in [3.8, 4) is 0 Å². The molecule has 4 rings (SSSR count). The predicted molar refractivity (Wildman–Crippen MR) is 96.2 cm³/mol. The highest BCUT2D eigenvalue weighted by Crippen LogP contribution is 2.28. The molecule has 1 fully saturated rings. The van der Waals surface area contributed by atoms with Crippen molar-refractivity contribution in [3.63, 3.8) is 0 Å². The smallest absolute Gasteiger partial charge is 0.336 e. The minimum atomic E-state index is -0.289. The largest absolute Gasteiger partial charge is 0.423 e. The Morgan fingerprint density at radius 1 is 0.958 bits per heavy atom. The second-order valence-electron chi connectivity index (χ2n) is 6.59. The van der Waals surface area contributed by atoms with Gasteiger partial charge in [0.25, 0.3) is 0 Å². The molecule has 2 aromatic carbocycles. The molecular formula is C21H21NO2. The van der Waals surface area contributed by atoms with Gasteiger partial charge in [-0.25, -0.2) is 4.79 Å². The van der Waals surface area contributed by atoms with Crippen LogP contribution in [0.5, 0.6) is 0 Å². The van der Waals surface area contributed by atoms with Gasteiger partial charge in [0, 0.05) is 18.0 Å². The van der Waals surface area contributed by atoms with Crippen LogP contribution in [0, 0.1) is 0 Å². The topological polar surface area (TPSA) is 33.5 Å². The molecule has 3 aromatic rings. The molecule has 122 valence electrons. The lowest BCUT2D eigenvalue weighted by Crippen LogP contribution is -2.32. The maximum Gasteiger partial charge on any atom is 0.336 e. The molecule has 3 nitrogen and oxygen atoms in total. The average molecular weight is 319 g/mol. The van der Waals surface area contributed by atoms with E-state index in [2.05, 4.69) is 41.3 Å². The van der Waals surface area contributed by atoms with Crippen LogP contribution in [-0.2, 0) is 6.54 Å². The fourth-order valence-corrected chi connectivity index (χ4v) is 3.61. The molecule has 0 radical (unpaired) electrons. The van der Waals surface area contributed by atoms with Crippen molar-refractivity contribution in [2.45, 2.75) is 25.3 Å². The number of nitrogens with zero attached hydrogens (tertiary/aromatic N) is 1. The van der Waals surface area contributed by atoms with Crippen molar-refractivity contribution < 1.29 is 4.42 Å². The lowest BCUT2D eigenvalue weighted by molar-refractivity contribution is 0.204. The van der Waals surface area contributed by atoms with E-state index in [4.69, 9.17) is 4.42 Å². The van der Waals surface area contributed by atoms with Gasteiger partial charge >= 0.3 is 5.63 Å². The first-order chi connectivity index (χ1) is 11.8. The zero-order valence-corrected chi connectivity index (χ0v) is 13.7. The Morgan fingerprint density at radius 2 is 1.71 bits per heavy atom. The Morgan fingerprint density at radius 3 is 2.50 bits per heavy atom. The van der Waals surface area contributed by atoms with E-state index in [1.807, 2.05) is 18.2 Å². The van der Waals surface area contributed by atoms with E-state index in [0.29, 0.717) is 11.5 Å². The normalized spacial score (nSPS) is 16.5. The summed E-state index contributed by atoms with van der Waals surface area (Å²) in [4.78, 5) is 13.9. The minimum Gasteiger partial charge on any atom is -0.423 e. The van der Waals surface area contributed by atoms with Crippen molar-refractivity contribution in [1.29, 1.82) is 0 Å². The number of hydrogen-bond donors (Lipinski definition) is 0. The summed E-state index contributed by atoms with van der Waals surface area (Å²) >= 11 is 0. The molecule has 0 saturated carbocycles. The van der Waals surface area contributed by atoms with E-state index in [9.17, 15) is 4.79 Å². The molecule has 0 N–H and O–H groups in total. The molecule has 0 amide bonds. The third-order valence-electron chi connectivity index (χ3n) is 4.95. The molecule has 1 aromatic heterocycles. The molecule has 0 spiro atoms. The number of hydrogen-bond acceptors (Lipinski definition) is 3. The van der Waals surface area contributed by atoms with Crippen molar-refractivity contribution in [2.75, 3.05) is 13.1 Å². The molecule has 2 heterocycles. The average Bonchev–Trinajstić information content (AvgIpc) is 2.63. The summed E-state index contributed by atoms with van der Waals surface area (Å²) in [6.07, 6.45) is 2.40. The molecule has 0 atom stereocenters. The lowest BCUT2D eigenvalue weighted by Gasteiger charge is -2.32. The summed E-state index contributed by atoms with van der Waals surface area (Å²) in [5.41, 5.74) is 3.06. The molecule has 0 aliphatic carbocycles. The van der Waals surface area contributed by atoms with E-state index in [1.54, 1.807) is 0 Å². The summed E-state index contributed by atoms with van der Waals surface area (Å²) < 4.78 is 5.29. The van der Waals surface area contributed by atoms with Gasteiger partial charge in [0.05, 0.1) is 0 Å². The van der Waals surface area contributed by atoms with Gasteiger partial charge < -0.3 is 4.42 Å². The summed E-state index contributed by atoms with van der Waals surface area (Å²) in [6, 6.07) is 20.3. The van der Waals surface area contributed by atoms with Crippen molar-refractivity contribution >= 4 is 11.0 Å². The maximum absolute atomic E-state index is 11.4. The maximum atomic E-state index is 11.4. The zero-order valence-electron chi connectivity index (χ0n) is 13.7. The highest BCUT2D eigenvalue weighted by molar-refractivity contribution is 5.76. The number of likely N-dealkylation sites (tertiary alicyclic amines) is 1. The van der Waals surface area contributed by atoms with Crippen molar-refractivity contribution in [1.82, 2.24) is 4.90 Å². The quantitative estimate of drug-likeness (QED) is 0.679. The Bertz CT molecular complexity index is 877. The molecule has 3 heteroatoms. The minimum absolute atomic E-state index is 0.289. The van der Waals surface area contributed by atoms with E-state index < -0.39 is 0 Å². The van der Waals surface area contributed by atoms with Crippen LogP contribution < -0.4 is 5.63 Å². The highest BCUT2D eigenvalue weighted by Gasteiger charge is 2.20. The Hall–Kier alpha value is -2.39. The summed E-state index contributed by atoms with van der Waals surface area (Å²) in [5, 5.41) is 0.973. The van der Waals surface area contributed by atoms with Crippen LogP contribution >= 0.6 is 0 Å². The van der Waals surface area contributed by atoms with E-state index in [-0.39, 0.29) is 5.63 Å².